The first-order chi connectivity index (χ1) is 9.45. The van der Waals surface area contributed by atoms with Gasteiger partial charge in [-0.3, -0.25) is 4.79 Å². The van der Waals surface area contributed by atoms with E-state index >= 15 is 0 Å². The highest BCUT2D eigenvalue weighted by atomic mass is 19.1. The second-order valence-electron chi connectivity index (χ2n) is 4.64. The maximum absolute atomic E-state index is 12.9. The number of benzene rings is 2. The predicted octanol–water partition coefficient (Wildman–Crippen LogP) is 2.48. The molecule has 0 aromatic heterocycles. The van der Waals surface area contributed by atoms with Gasteiger partial charge in [-0.15, -0.1) is 0 Å². The molecule has 0 aliphatic heterocycles. The summed E-state index contributed by atoms with van der Waals surface area (Å²) in [6.45, 7) is 1.82. The quantitative estimate of drug-likeness (QED) is 0.751. The summed E-state index contributed by atoms with van der Waals surface area (Å²) in [5, 5.41) is 2.81. The Bertz CT molecular complexity index is 605. The summed E-state index contributed by atoms with van der Waals surface area (Å²) in [7, 11) is 0. The van der Waals surface area contributed by atoms with Crippen LogP contribution in [0.25, 0.3) is 0 Å². The molecule has 0 fully saturated rings. The third kappa shape index (κ3) is 3.26. The average molecular weight is 273 g/mol. The standard InChI is InChI=1S/C15H16FN3O/c1-9(10-2-4-12(16)5-3-10)19-15(20)11-6-13(17)8-14(18)7-11/h2-9H,17-18H2,1H3,(H,19,20). The van der Waals surface area contributed by atoms with Gasteiger partial charge in [0.2, 0.25) is 0 Å². The fraction of sp³-hybridized carbons (Fsp3) is 0.133. The van der Waals surface area contributed by atoms with E-state index in [0.29, 0.717) is 16.9 Å². The van der Waals surface area contributed by atoms with Crippen LogP contribution < -0.4 is 16.8 Å². The van der Waals surface area contributed by atoms with Gasteiger partial charge in [-0.1, -0.05) is 12.1 Å². The maximum atomic E-state index is 12.9. The molecule has 2 aromatic rings. The van der Waals surface area contributed by atoms with Crippen molar-refractivity contribution in [2.45, 2.75) is 13.0 Å². The molecule has 0 radical (unpaired) electrons. The minimum atomic E-state index is -0.309. The molecular weight excluding hydrogens is 257 g/mol. The van der Waals surface area contributed by atoms with Crippen LogP contribution in [-0.2, 0) is 0 Å². The van der Waals surface area contributed by atoms with E-state index in [2.05, 4.69) is 5.32 Å². The zero-order valence-electron chi connectivity index (χ0n) is 11.1. The molecule has 0 saturated heterocycles. The molecule has 0 heterocycles. The Morgan fingerprint density at radius 2 is 1.65 bits per heavy atom. The van der Waals surface area contributed by atoms with Crippen molar-refractivity contribution in [3.63, 3.8) is 0 Å². The molecule has 0 aliphatic rings. The number of carbonyl (C=O) groups excluding carboxylic acids is 1. The normalized spacial score (nSPS) is 11.9. The summed E-state index contributed by atoms with van der Waals surface area (Å²) in [4.78, 5) is 12.1. The van der Waals surface area contributed by atoms with Crippen molar-refractivity contribution >= 4 is 17.3 Å². The summed E-state index contributed by atoms with van der Waals surface area (Å²) >= 11 is 0. The van der Waals surface area contributed by atoms with Gasteiger partial charge in [0.25, 0.3) is 5.91 Å². The summed E-state index contributed by atoms with van der Waals surface area (Å²) in [6.07, 6.45) is 0. The van der Waals surface area contributed by atoms with Crippen LogP contribution in [0.5, 0.6) is 0 Å². The minimum absolute atomic E-state index is 0.245. The van der Waals surface area contributed by atoms with Gasteiger partial charge in [0.1, 0.15) is 5.82 Å². The van der Waals surface area contributed by atoms with Crippen LogP contribution >= 0.6 is 0 Å². The first-order valence-corrected chi connectivity index (χ1v) is 6.18. The molecule has 104 valence electrons. The topological polar surface area (TPSA) is 81.1 Å². The van der Waals surface area contributed by atoms with Crippen molar-refractivity contribution in [1.82, 2.24) is 5.32 Å². The molecule has 4 nitrogen and oxygen atoms in total. The zero-order valence-corrected chi connectivity index (χ0v) is 11.1. The average Bonchev–Trinajstić information content (AvgIpc) is 2.38. The Balaban J connectivity index is 2.12. The lowest BCUT2D eigenvalue weighted by Gasteiger charge is -2.15. The van der Waals surface area contributed by atoms with Crippen LogP contribution in [0.1, 0.15) is 28.9 Å². The third-order valence-corrected chi connectivity index (χ3v) is 2.96. The number of hydrogen-bond donors (Lipinski definition) is 3. The lowest BCUT2D eigenvalue weighted by molar-refractivity contribution is 0.0940. The van der Waals surface area contributed by atoms with Crippen molar-refractivity contribution in [1.29, 1.82) is 0 Å². The van der Waals surface area contributed by atoms with Crippen molar-refractivity contribution in [2.24, 2.45) is 0 Å². The molecule has 0 bridgehead atoms. The van der Waals surface area contributed by atoms with Crippen molar-refractivity contribution in [3.05, 3.63) is 59.4 Å². The van der Waals surface area contributed by atoms with Gasteiger partial charge in [-0.05, 0) is 42.8 Å². The van der Waals surface area contributed by atoms with Crippen molar-refractivity contribution in [3.8, 4) is 0 Å². The fourth-order valence-electron chi connectivity index (χ4n) is 1.92. The molecule has 2 rings (SSSR count). The van der Waals surface area contributed by atoms with Crippen LogP contribution in [0.15, 0.2) is 42.5 Å². The minimum Gasteiger partial charge on any atom is -0.399 e. The Kier molecular flexibility index (Phi) is 3.89. The third-order valence-electron chi connectivity index (χ3n) is 2.96. The zero-order chi connectivity index (χ0) is 14.7. The van der Waals surface area contributed by atoms with Gasteiger partial charge in [0.05, 0.1) is 6.04 Å². The van der Waals surface area contributed by atoms with E-state index in [-0.39, 0.29) is 17.8 Å². The van der Waals surface area contributed by atoms with Gasteiger partial charge < -0.3 is 16.8 Å². The largest absolute Gasteiger partial charge is 0.399 e. The van der Waals surface area contributed by atoms with E-state index in [9.17, 15) is 9.18 Å². The van der Waals surface area contributed by atoms with E-state index in [1.54, 1.807) is 30.3 Å². The van der Waals surface area contributed by atoms with E-state index < -0.39 is 0 Å². The van der Waals surface area contributed by atoms with Gasteiger partial charge in [0.15, 0.2) is 0 Å². The van der Waals surface area contributed by atoms with E-state index in [4.69, 9.17) is 11.5 Å². The van der Waals surface area contributed by atoms with Crippen LogP contribution in [0.2, 0.25) is 0 Å². The molecule has 0 saturated carbocycles. The highest BCUT2D eigenvalue weighted by Crippen LogP contribution is 2.16. The van der Waals surface area contributed by atoms with Gasteiger partial charge in [-0.2, -0.15) is 0 Å². The molecule has 5 N–H and O–H groups in total. The molecule has 2 aromatic carbocycles. The van der Waals surface area contributed by atoms with Gasteiger partial charge in [0, 0.05) is 16.9 Å². The number of nitrogens with one attached hydrogen (secondary N) is 1. The van der Waals surface area contributed by atoms with Crippen LogP contribution in [0, 0.1) is 5.82 Å². The van der Waals surface area contributed by atoms with E-state index in [0.717, 1.165) is 5.56 Å². The van der Waals surface area contributed by atoms with E-state index in [1.165, 1.54) is 12.1 Å². The molecule has 1 amide bonds. The van der Waals surface area contributed by atoms with E-state index in [1.807, 2.05) is 6.92 Å². The summed E-state index contributed by atoms with van der Waals surface area (Å²) in [6, 6.07) is 10.4. The lowest BCUT2D eigenvalue weighted by atomic mass is 10.1. The highest BCUT2D eigenvalue weighted by molar-refractivity contribution is 5.96. The van der Waals surface area contributed by atoms with Crippen LogP contribution in [0.3, 0.4) is 0 Å². The SMILES string of the molecule is CC(NC(=O)c1cc(N)cc(N)c1)c1ccc(F)cc1. The Labute approximate surface area is 116 Å². The lowest BCUT2D eigenvalue weighted by Crippen LogP contribution is -2.26. The fourth-order valence-corrected chi connectivity index (χ4v) is 1.92. The Hall–Kier alpha value is -2.56. The summed E-state index contributed by atoms with van der Waals surface area (Å²) < 4.78 is 12.9. The number of anilines is 2. The van der Waals surface area contributed by atoms with Crippen LogP contribution in [0.4, 0.5) is 15.8 Å². The molecule has 0 aliphatic carbocycles. The summed E-state index contributed by atoms with van der Waals surface area (Å²) in [5.74, 6) is -0.586. The maximum Gasteiger partial charge on any atom is 0.251 e. The predicted molar refractivity (Wildman–Crippen MR) is 77.5 cm³/mol. The molecular formula is C15H16FN3O. The smallest absolute Gasteiger partial charge is 0.251 e. The van der Waals surface area contributed by atoms with Crippen LogP contribution in [-0.4, -0.2) is 5.91 Å². The number of carbonyl (C=O) groups is 1. The highest BCUT2D eigenvalue weighted by Gasteiger charge is 2.12. The number of nitrogen functional groups attached to an aromatic ring is 2. The molecule has 20 heavy (non-hydrogen) atoms. The van der Waals surface area contributed by atoms with Crippen molar-refractivity contribution < 1.29 is 9.18 Å². The summed E-state index contributed by atoms with van der Waals surface area (Å²) in [5.41, 5.74) is 13.4. The molecule has 1 unspecified atom stereocenters. The second kappa shape index (κ2) is 5.61. The molecule has 5 heteroatoms. The number of nitrogens with two attached hydrogens (primary N) is 2. The van der Waals surface area contributed by atoms with Crippen molar-refractivity contribution in [2.75, 3.05) is 11.5 Å². The monoisotopic (exact) mass is 273 g/mol. The number of amides is 1. The number of halogens is 1. The molecule has 1 atom stereocenters. The second-order valence-corrected chi connectivity index (χ2v) is 4.64. The number of hydrogen-bond acceptors (Lipinski definition) is 3. The number of rotatable bonds is 3. The first kappa shape index (κ1) is 13.9. The Morgan fingerprint density at radius 3 is 2.20 bits per heavy atom. The van der Waals surface area contributed by atoms with Gasteiger partial charge in [-0.25, -0.2) is 4.39 Å². The first-order valence-electron chi connectivity index (χ1n) is 6.18. The van der Waals surface area contributed by atoms with Gasteiger partial charge >= 0.3 is 0 Å². The Morgan fingerprint density at radius 1 is 1.10 bits per heavy atom. The molecule has 0 spiro atoms.